The summed E-state index contributed by atoms with van der Waals surface area (Å²) in [6.07, 6.45) is 8.32. The highest BCUT2D eigenvalue weighted by Crippen LogP contribution is 2.22. The number of nitrogens with zero attached hydrogens (tertiary/aromatic N) is 2. The number of likely N-dealkylation sites (tertiary alicyclic amines) is 2. The van der Waals surface area contributed by atoms with Crippen LogP contribution in [0.2, 0.25) is 0 Å². The van der Waals surface area contributed by atoms with E-state index < -0.39 is 0 Å². The van der Waals surface area contributed by atoms with Crippen LogP contribution >= 0.6 is 24.8 Å². The summed E-state index contributed by atoms with van der Waals surface area (Å²) in [7, 11) is 0. The van der Waals surface area contributed by atoms with Gasteiger partial charge in [-0.15, -0.1) is 24.8 Å². The fraction of sp³-hybridized carbons (Fsp3) is 0.944. The van der Waals surface area contributed by atoms with Crippen LogP contribution in [0, 0.1) is 11.8 Å². The average molecular weight is 380 g/mol. The van der Waals surface area contributed by atoms with Crippen molar-refractivity contribution < 1.29 is 4.79 Å². The minimum Gasteiger partial charge on any atom is -0.342 e. The van der Waals surface area contributed by atoms with Gasteiger partial charge in [-0.1, -0.05) is 6.92 Å². The van der Waals surface area contributed by atoms with Gasteiger partial charge in [0.2, 0.25) is 5.91 Å². The van der Waals surface area contributed by atoms with Gasteiger partial charge < -0.3 is 15.1 Å². The zero-order valence-corrected chi connectivity index (χ0v) is 16.7. The predicted octanol–water partition coefficient (Wildman–Crippen LogP) is 2.94. The van der Waals surface area contributed by atoms with E-state index in [-0.39, 0.29) is 24.8 Å². The molecule has 3 heterocycles. The number of halogens is 2. The Morgan fingerprint density at radius 1 is 1.04 bits per heavy atom. The molecule has 0 radical (unpaired) electrons. The lowest BCUT2D eigenvalue weighted by Crippen LogP contribution is -2.46. The molecule has 6 heteroatoms. The maximum absolute atomic E-state index is 12.5. The summed E-state index contributed by atoms with van der Waals surface area (Å²) in [6, 6.07) is 0.441. The first-order valence-corrected chi connectivity index (χ1v) is 9.44. The standard InChI is InChI=1S/C18H33N3O.2ClH/c1-15-6-10-20(11-7-15)13-16-4-3-9-21(14-16)18(22)12-17-5-2-8-19-17;;/h15-17,19H,2-14H2,1H3;2*1H. The highest BCUT2D eigenvalue weighted by atomic mass is 35.5. The molecule has 0 spiro atoms. The Balaban J connectivity index is 0.00000144. The molecule has 4 nitrogen and oxygen atoms in total. The smallest absolute Gasteiger partial charge is 0.224 e. The quantitative estimate of drug-likeness (QED) is 0.815. The fourth-order valence-electron chi connectivity index (χ4n) is 4.32. The van der Waals surface area contributed by atoms with E-state index in [9.17, 15) is 4.79 Å². The summed E-state index contributed by atoms with van der Waals surface area (Å²) in [6.45, 7) is 9.17. The highest BCUT2D eigenvalue weighted by molar-refractivity contribution is 5.85. The molecule has 3 saturated heterocycles. The van der Waals surface area contributed by atoms with Crippen molar-refractivity contribution in [3.05, 3.63) is 0 Å². The van der Waals surface area contributed by atoms with Crippen LogP contribution in [-0.2, 0) is 4.79 Å². The molecule has 3 rings (SSSR count). The molecule has 3 aliphatic rings. The predicted molar refractivity (Wildman–Crippen MR) is 104 cm³/mol. The van der Waals surface area contributed by atoms with Crippen LogP contribution in [0.1, 0.15) is 51.9 Å². The number of carbonyl (C=O) groups excluding carboxylic acids is 1. The Bertz CT molecular complexity index is 369. The molecular formula is C18H35Cl2N3O. The van der Waals surface area contributed by atoms with Crippen molar-refractivity contribution in [1.82, 2.24) is 15.1 Å². The van der Waals surface area contributed by atoms with Gasteiger partial charge in [-0.2, -0.15) is 0 Å². The van der Waals surface area contributed by atoms with E-state index in [1.165, 1.54) is 58.2 Å². The fourth-order valence-corrected chi connectivity index (χ4v) is 4.32. The number of nitrogens with one attached hydrogen (secondary N) is 1. The number of rotatable bonds is 4. The first-order chi connectivity index (χ1) is 10.7. The highest BCUT2D eigenvalue weighted by Gasteiger charge is 2.28. The molecule has 2 unspecified atom stereocenters. The van der Waals surface area contributed by atoms with Crippen LogP contribution in [0.4, 0.5) is 0 Å². The van der Waals surface area contributed by atoms with Crippen molar-refractivity contribution in [3.8, 4) is 0 Å². The number of hydrogen-bond donors (Lipinski definition) is 1. The maximum Gasteiger partial charge on any atom is 0.224 e. The van der Waals surface area contributed by atoms with Crippen molar-refractivity contribution in [2.75, 3.05) is 39.3 Å². The van der Waals surface area contributed by atoms with Crippen LogP contribution in [0.25, 0.3) is 0 Å². The lowest BCUT2D eigenvalue weighted by Gasteiger charge is -2.38. The third-order valence-corrected chi connectivity index (χ3v) is 5.85. The second kappa shape index (κ2) is 10.8. The first kappa shape index (κ1) is 22.0. The summed E-state index contributed by atoms with van der Waals surface area (Å²) >= 11 is 0. The Morgan fingerprint density at radius 3 is 2.46 bits per heavy atom. The lowest BCUT2D eigenvalue weighted by atomic mass is 9.94. The molecule has 142 valence electrons. The van der Waals surface area contributed by atoms with Crippen LogP contribution < -0.4 is 5.32 Å². The third-order valence-electron chi connectivity index (χ3n) is 5.85. The summed E-state index contributed by atoms with van der Waals surface area (Å²) < 4.78 is 0. The topological polar surface area (TPSA) is 35.6 Å². The van der Waals surface area contributed by atoms with Gasteiger partial charge in [0.05, 0.1) is 0 Å². The molecule has 1 N–H and O–H groups in total. The zero-order chi connectivity index (χ0) is 15.4. The van der Waals surface area contributed by atoms with Gasteiger partial charge in [0.1, 0.15) is 0 Å². The van der Waals surface area contributed by atoms with E-state index in [2.05, 4.69) is 22.0 Å². The van der Waals surface area contributed by atoms with Crippen LogP contribution in [0.5, 0.6) is 0 Å². The largest absolute Gasteiger partial charge is 0.342 e. The van der Waals surface area contributed by atoms with Crippen molar-refractivity contribution >= 4 is 30.7 Å². The number of hydrogen-bond acceptors (Lipinski definition) is 3. The number of amides is 1. The molecule has 0 saturated carbocycles. The van der Waals surface area contributed by atoms with Crippen molar-refractivity contribution in [2.24, 2.45) is 11.8 Å². The molecule has 0 aromatic rings. The van der Waals surface area contributed by atoms with Crippen LogP contribution in [-0.4, -0.2) is 61.0 Å². The third kappa shape index (κ3) is 6.36. The van der Waals surface area contributed by atoms with Gasteiger partial charge in [-0.05, 0) is 70.0 Å². The van der Waals surface area contributed by atoms with E-state index in [1.807, 2.05) is 0 Å². The van der Waals surface area contributed by atoms with E-state index >= 15 is 0 Å². The van der Waals surface area contributed by atoms with Crippen molar-refractivity contribution in [2.45, 2.75) is 57.9 Å². The van der Waals surface area contributed by atoms with Gasteiger partial charge in [-0.3, -0.25) is 4.79 Å². The van der Waals surface area contributed by atoms with Crippen LogP contribution in [0.15, 0.2) is 0 Å². The Kier molecular flexibility index (Phi) is 9.95. The molecule has 0 aromatic heterocycles. The van der Waals surface area contributed by atoms with E-state index in [0.29, 0.717) is 24.3 Å². The Labute approximate surface area is 159 Å². The lowest BCUT2D eigenvalue weighted by molar-refractivity contribution is -0.133. The molecule has 3 aliphatic heterocycles. The summed E-state index contributed by atoms with van der Waals surface area (Å²) in [5.41, 5.74) is 0. The SMILES string of the molecule is CC1CCN(CC2CCCN(C(=O)CC3CCCN3)C2)CC1.Cl.Cl. The first-order valence-electron chi connectivity index (χ1n) is 9.44. The minimum absolute atomic E-state index is 0. The van der Waals surface area contributed by atoms with Crippen LogP contribution in [0.3, 0.4) is 0 Å². The van der Waals surface area contributed by atoms with Gasteiger partial charge >= 0.3 is 0 Å². The monoisotopic (exact) mass is 379 g/mol. The average Bonchev–Trinajstić information content (AvgIpc) is 3.03. The molecule has 24 heavy (non-hydrogen) atoms. The zero-order valence-electron chi connectivity index (χ0n) is 15.0. The second-order valence-electron chi connectivity index (χ2n) is 7.83. The van der Waals surface area contributed by atoms with Gasteiger partial charge in [0.25, 0.3) is 0 Å². The molecule has 2 atom stereocenters. The second-order valence-corrected chi connectivity index (χ2v) is 7.83. The normalized spacial score (nSPS) is 29.0. The summed E-state index contributed by atoms with van der Waals surface area (Å²) in [5.74, 6) is 1.98. The number of piperidine rings is 2. The minimum atomic E-state index is 0. The Morgan fingerprint density at radius 2 is 1.79 bits per heavy atom. The molecule has 0 aliphatic carbocycles. The van der Waals surface area contributed by atoms with Crippen molar-refractivity contribution in [3.63, 3.8) is 0 Å². The number of carbonyl (C=O) groups is 1. The van der Waals surface area contributed by atoms with E-state index in [4.69, 9.17) is 0 Å². The molecular weight excluding hydrogens is 345 g/mol. The van der Waals surface area contributed by atoms with E-state index in [0.717, 1.165) is 25.6 Å². The van der Waals surface area contributed by atoms with Crippen molar-refractivity contribution in [1.29, 1.82) is 0 Å². The Hall–Kier alpha value is -0.0300. The van der Waals surface area contributed by atoms with Gasteiger partial charge in [0.15, 0.2) is 0 Å². The summed E-state index contributed by atoms with van der Waals surface area (Å²) in [4.78, 5) is 17.3. The molecule has 1 amide bonds. The molecule has 0 bridgehead atoms. The summed E-state index contributed by atoms with van der Waals surface area (Å²) in [5, 5.41) is 3.45. The maximum atomic E-state index is 12.5. The van der Waals surface area contributed by atoms with Gasteiger partial charge in [0, 0.05) is 32.1 Å². The van der Waals surface area contributed by atoms with Gasteiger partial charge in [-0.25, -0.2) is 0 Å². The van der Waals surface area contributed by atoms with E-state index in [1.54, 1.807) is 0 Å². The molecule has 0 aromatic carbocycles. The molecule has 3 fully saturated rings.